The summed E-state index contributed by atoms with van der Waals surface area (Å²) < 4.78 is 9.97. The minimum atomic E-state index is -0.407. The van der Waals surface area contributed by atoms with Crippen LogP contribution in [0.25, 0.3) is 0 Å². The molecule has 2 aromatic heterocycles. The quantitative estimate of drug-likeness (QED) is 0.768. The molecule has 1 fully saturated rings. The number of imidazole rings is 1. The number of nitrogens with zero attached hydrogens (tertiary/aromatic N) is 4. The maximum Gasteiger partial charge on any atom is 0.341 e. The van der Waals surface area contributed by atoms with Crippen LogP contribution in [-0.4, -0.2) is 31.5 Å². The fraction of sp³-hybridized carbons (Fsp3) is 0.500. The largest absolute Gasteiger partial charge is 0.462 e. The zero-order chi connectivity index (χ0) is 15.0. The summed E-state index contributed by atoms with van der Waals surface area (Å²) in [5.74, 6) is -0.407. The number of rotatable bonds is 5. The number of hydrogen-bond donors (Lipinski definition) is 0. The van der Waals surface area contributed by atoms with Crippen LogP contribution in [0, 0.1) is 0 Å². The maximum absolute atomic E-state index is 12.3. The Balaban J connectivity index is 1.89. The summed E-state index contributed by atoms with van der Waals surface area (Å²) in [6.07, 6.45) is 7.16. The highest BCUT2D eigenvalue weighted by Crippen LogP contribution is 2.33. The third-order valence-electron chi connectivity index (χ3n) is 3.69. The molecular formula is C14H18N4O3. The molecule has 0 spiro atoms. The first-order chi connectivity index (χ1) is 10.1. The second kappa shape index (κ2) is 5.23. The molecule has 0 aliphatic heterocycles. The Morgan fingerprint density at radius 3 is 2.86 bits per heavy atom. The van der Waals surface area contributed by atoms with E-state index in [0.29, 0.717) is 30.5 Å². The van der Waals surface area contributed by atoms with E-state index in [1.165, 1.54) is 6.20 Å². The van der Waals surface area contributed by atoms with E-state index in [1.54, 1.807) is 40.2 Å². The van der Waals surface area contributed by atoms with Crippen molar-refractivity contribution in [2.45, 2.75) is 32.4 Å². The lowest BCUT2D eigenvalue weighted by Crippen LogP contribution is -2.25. The molecule has 2 aromatic rings. The summed E-state index contributed by atoms with van der Waals surface area (Å²) in [6.45, 7) is 2.38. The molecule has 21 heavy (non-hydrogen) atoms. The van der Waals surface area contributed by atoms with Crippen molar-refractivity contribution in [3.8, 4) is 0 Å². The number of aryl methyl sites for hydroxylation is 1. The highest BCUT2D eigenvalue weighted by atomic mass is 16.5. The Labute approximate surface area is 121 Å². The van der Waals surface area contributed by atoms with Crippen molar-refractivity contribution in [1.82, 2.24) is 18.9 Å². The molecule has 0 unspecified atom stereocenters. The Morgan fingerprint density at radius 1 is 1.43 bits per heavy atom. The van der Waals surface area contributed by atoms with Gasteiger partial charge in [0.1, 0.15) is 5.56 Å². The molecule has 0 saturated heterocycles. The Bertz CT molecular complexity index is 721. The Morgan fingerprint density at radius 2 is 2.19 bits per heavy atom. The molecule has 0 N–H and O–H groups in total. The highest BCUT2D eigenvalue weighted by molar-refractivity contribution is 5.90. The number of carbonyl (C=O) groups excluding carboxylic acids is 1. The molecule has 0 radical (unpaired) electrons. The van der Waals surface area contributed by atoms with Gasteiger partial charge < -0.3 is 4.74 Å². The van der Waals surface area contributed by atoms with E-state index in [1.807, 2.05) is 0 Å². The van der Waals surface area contributed by atoms with E-state index in [-0.39, 0.29) is 5.69 Å². The molecule has 7 nitrogen and oxygen atoms in total. The molecule has 1 saturated carbocycles. The fourth-order valence-corrected chi connectivity index (χ4v) is 2.37. The van der Waals surface area contributed by atoms with Gasteiger partial charge in [-0.1, -0.05) is 0 Å². The van der Waals surface area contributed by atoms with Gasteiger partial charge in [-0.25, -0.2) is 9.59 Å². The van der Waals surface area contributed by atoms with Crippen LogP contribution in [0.1, 0.15) is 41.9 Å². The van der Waals surface area contributed by atoms with E-state index < -0.39 is 5.97 Å². The standard InChI is InChI=1S/C14H18N4O3/c1-3-21-13(19)11-8-15-16(2)12(11)9-17-6-7-18(14(17)20)10-4-5-10/h6-8,10H,3-5,9H2,1-2H3. The molecule has 0 aromatic carbocycles. The lowest BCUT2D eigenvalue weighted by Gasteiger charge is -2.06. The van der Waals surface area contributed by atoms with Gasteiger partial charge in [-0.3, -0.25) is 13.8 Å². The van der Waals surface area contributed by atoms with E-state index >= 15 is 0 Å². The van der Waals surface area contributed by atoms with Crippen LogP contribution in [0.3, 0.4) is 0 Å². The van der Waals surface area contributed by atoms with Gasteiger partial charge in [0.2, 0.25) is 0 Å². The Kier molecular flexibility index (Phi) is 3.40. The van der Waals surface area contributed by atoms with Crippen molar-refractivity contribution in [3.63, 3.8) is 0 Å². The molecule has 0 amide bonds. The van der Waals surface area contributed by atoms with Gasteiger partial charge in [0, 0.05) is 25.5 Å². The first kappa shape index (κ1) is 13.7. The van der Waals surface area contributed by atoms with Crippen molar-refractivity contribution < 1.29 is 9.53 Å². The molecular weight excluding hydrogens is 272 g/mol. The SMILES string of the molecule is CCOC(=O)c1cnn(C)c1Cn1ccn(C2CC2)c1=O. The number of carbonyl (C=O) groups is 1. The van der Waals surface area contributed by atoms with Crippen LogP contribution >= 0.6 is 0 Å². The third-order valence-corrected chi connectivity index (χ3v) is 3.69. The summed E-state index contributed by atoms with van der Waals surface area (Å²) in [5.41, 5.74) is 1.03. The predicted molar refractivity (Wildman–Crippen MR) is 75.2 cm³/mol. The molecule has 0 bridgehead atoms. The molecule has 1 aliphatic rings. The minimum absolute atomic E-state index is 0.0477. The van der Waals surface area contributed by atoms with Crippen LogP contribution in [0.15, 0.2) is 23.4 Å². The van der Waals surface area contributed by atoms with Gasteiger partial charge >= 0.3 is 11.7 Å². The second-order valence-corrected chi connectivity index (χ2v) is 5.20. The van der Waals surface area contributed by atoms with Crippen molar-refractivity contribution in [3.05, 3.63) is 40.3 Å². The van der Waals surface area contributed by atoms with Crippen LogP contribution < -0.4 is 5.69 Å². The summed E-state index contributed by atoms with van der Waals surface area (Å²) in [7, 11) is 1.75. The van der Waals surface area contributed by atoms with Gasteiger partial charge in [0.05, 0.1) is 25.0 Å². The first-order valence-corrected chi connectivity index (χ1v) is 7.07. The number of ether oxygens (including phenoxy) is 1. The van der Waals surface area contributed by atoms with E-state index in [9.17, 15) is 9.59 Å². The van der Waals surface area contributed by atoms with Crippen LogP contribution in [-0.2, 0) is 18.3 Å². The minimum Gasteiger partial charge on any atom is -0.462 e. The topological polar surface area (TPSA) is 71.0 Å². The predicted octanol–water partition coefficient (Wildman–Crippen LogP) is 0.943. The molecule has 3 rings (SSSR count). The van der Waals surface area contributed by atoms with Crippen LogP contribution in [0.2, 0.25) is 0 Å². The zero-order valence-corrected chi connectivity index (χ0v) is 12.2. The van der Waals surface area contributed by atoms with Gasteiger partial charge in [-0.2, -0.15) is 5.10 Å². The normalized spacial score (nSPS) is 14.4. The molecule has 2 heterocycles. The molecule has 1 aliphatic carbocycles. The first-order valence-electron chi connectivity index (χ1n) is 7.07. The second-order valence-electron chi connectivity index (χ2n) is 5.20. The fourth-order valence-electron chi connectivity index (χ4n) is 2.37. The van der Waals surface area contributed by atoms with Gasteiger partial charge in [0.15, 0.2) is 0 Å². The lowest BCUT2D eigenvalue weighted by atomic mass is 10.2. The number of hydrogen-bond acceptors (Lipinski definition) is 4. The van der Waals surface area contributed by atoms with Crippen molar-refractivity contribution >= 4 is 5.97 Å². The van der Waals surface area contributed by atoms with Crippen LogP contribution in [0.4, 0.5) is 0 Å². The lowest BCUT2D eigenvalue weighted by molar-refractivity contribution is 0.0524. The summed E-state index contributed by atoms with van der Waals surface area (Å²) in [6, 6.07) is 0.342. The van der Waals surface area contributed by atoms with Gasteiger partial charge in [-0.15, -0.1) is 0 Å². The average Bonchev–Trinajstić information content (AvgIpc) is 3.14. The smallest absolute Gasteiger partial charge is 0.341 e. The van der Waals surface area contributed by atoms with E-state index in [0.717, 1.165) is 12.8 Å². The van der Waals surface area contributed by atoms with Crippen molar-refractivity contribution in [2.75, 3.05) is 6.61 Å². The number of esters is 1. The van der Waals surface area contributed by atoms with Crippen molar-refractivity contribution in [2.24, 2.45) is 7.05 Å². The molecule has 112 valence electrons. The Hall–Kier alpha value is -2.31. The van der Waals surface area contributed by atoms with E-state index in [2.05, 4.69) is 5.10 Å². The average molecular weight is 290 g/mol. The summed E-state index contributed by atoms with van der Waals surface area (Å²) >= 11 is 0. The third kappa shape index (κ3) is 2.51. The van der Waals surface area contributed by atoms with Gasteiger partial charge in [0.25, 0.3) is 0 Å². The highest BCUT2D eigenvalue weighted by Gasteiger charge is 2.26. The molecule has 7 heteroatoms. The molecule has 0 atom stereocenters. The zero-order valence-electron chi connectivity index (χ0n) is 12.2. The van der Waals surface area contributed by atoms with Gasteiger partial charge in [-0.05, 0) is 19.8 Å². The van der Waals surface area contributed by atoms with Crippen molar-refractivity contribution in [1.29, 1.82) is 0 Å². The summed E-state index contributed by atoms with van der Waals surface area (Å²) in [4.78, 5) is 24.2. The van der Waals surface area contributed by atoms with Crippen LogP contribution in [0.5, 0.6) is 0 Å². The summed E-state index contributed by atoms with van der Waals surface area (Å²) in [5, 5.41) is 4.09. The monoisotopic (exact) mass is 290 g/mol. The maximum atomic E-state index is 12.3. The van der Waals surface area contributed by atoms with E-state index in [4.69, 9.17) is 4.74 Å². The number of aromatic nitrogens is 4.